The number of nitrogens with one attached hydrogen (secondary N) is 4. The first-order valence-corrected chi connectivity index (χ1v) is 28.9. The molecule has 78 heavy (non-hydrogen) atoms. The van der Waals surface area contributed by atoms with Crippen LogP contribution in [0.3, 0.4) is 0 Å². The number of amides is 4. The molecule has 10 nitrogen and oxygen atoms in total. The number of allylic oxidation sites excluding steroid dienone is 8. The highest BCUT2D eigenvalue weighted by molar-refractivity contribution is 5.74. The van der Waals surface area contributed by atoms with Crippen molar-refractivity contribution in [2.75, 3.05) is 39.4 Å². The zero-order chi connectivity index (χ0) is 56.4. The number of ether oxygens (including phenoxy) is 2. The number of carbonyl (C=O) groups excluding carboxylic acids is 2. The van der Waals surface area contributed by atoms with E-state index >= 15 is 0 Å². The van der Waals surface area contributed by atoms with E-state index in [2.05, 4.69) is 201 Å². The summed E-state index contributed by atoms with van der Waals surface area (Å²) in [5.74, 6) is 2.84. The van der Waals surface area contributed by atoms with Crippen molar-refractivity contribution >= 4 is 12.1 Å². The fraction of sp³-hybridized carbons (Fsp3) is 0.500. The summed E-state index contributed by atoms with van der Waals surface area (Å²) in [7, 11) is 0. The van der Waals surface area contributed by atoms with Crippen LogP contribution in [0.4, 0.5) is 9.59 Å². The van der Waals surface area contributed by atoms with Crippen LogP contribution in [0.2, 0.25) is 0 Å². The zero-order valence-corrected chi connectivity index (χ0v) is 49.2. The van der Waals surface area contributed by atoms with Gasteiger partial charge in [0.05, 0.1) is 13.2 Å². The Labute approximate surface area is 467 Å². The molecule has 0 radical (unpaired) electrons. The standard InChI is InChI=1S/C68H92N4O6/c1-65(2,3)55-37-47-33-51-41-57(67(7,8)9)43-53(61(51)77-31-19-29-71-63(75)69-27-17-25-45-21-13-14-22-45)35-49-39-56(66(4,5)6)40-50(60(49)74)36-54-44-58(68(10,11)12)42-52(34-48(38-55)59(47)73)62(54)78-32-20-30-72-64(76)70-28-18-26-46-23-15-16-24-46/h13-16,21-24,37-46,73-74H,17-20,25-36H2,1-12H3,(H2,69,71,75)(H2,70,72,76). The van der Waals surface area contributed by atoms with E-state index in [4.69, 9.17) is 9.47 Å². The minimum atomic E-state index is -0.244. The maximum absolute atomic E-state index is 12.8. The summed E-state index contributed by atoms with van der Waals surface area (Å²) < 4.78 is 13.9. The predicted molar refractivity (Wildman–Crippen MR) is 320 cm³/mol. The van der Waals surface area contributed by atoms with Crippen molar-refractivity contribution in [3.05, 3.63) is 164 Å². The summed E-state index contributed by atoms with van der Waals surface area (Å²) in [5.41, 5.74) is 10.5. The summed E-state index contributed by atoms with van der Waals surface area (Å²) in [4.78, 5) is 25.7. The fourth-order valence-corrected chi connectivity index (χ4v) is 10.5. The number of hydrogen-bond donors (Lipinski definition) is 6. The second kappa shape index (κ2) is 25.6. The SMILES string of the molecule is CC(C)(C)c1cc2c(O)c(c1)Cc1cc(C(C)(C)C)cc(c1OCCCNC(=O)NCCCC1C=CC=C1)Cc1cc(C(C)(C)C)cc(c1O)Cc1cc(C(C)(C)C)cc(c1OCCCNC(=O)NCCCC1C=CC=C1)C2. The lowest BCUT2D eigenvalue weighted by Crippen LogP contribution is -2.37. The molecule has 4 aromatic carbocycles. The van der Waals surface area contributed by atoms with Gasteiger partial charge in [0.1, 0.15) is 23.0 Å². The highest BCUT2D eigenvalue weighted by atomic mass is 16.5. The number of urea groups is 2. The van der Waals surface area contributed by atoms with E-state index in [-0.39, 0.29) is 45.2 Å². The summed E-state index contributed by atoms with van der Waals surface area (Å²) >= 11 is 0. The second-order valence-electron chi connectivity index (χ2n) is 26.2. The molecule has 4 aromatic rings. The number of phenols is 2. The summed E-state index contributed by atoms with van der Waals surface area (Å²) in [5, 5.41) is 37.6. The molecule has 4 amide bonds. The molecule has 3 aliphatic rings. The normalized spacial score (nSPS) is 14.7. The van der Waals surface area contributed by atoms with Crippen LogP contribution in [0.15, 0.2) is 97.1 Å². The van der Waals surface area contributed by atoms with Gasteiger partial charge in [-0.1, -0.05) is 180 Å². The highest BCUT2D eigenvalue weighted by Crippen LogP contribution is 2.44. The zero-order valence-electron chi connectivity index (χ0n) is 49.2. The summed E-state index contributed by atoms with van der Waals surface area (Å²) in [6.45, 7) is 29.4. The molecule has 0 aromatic heterocycles. The van der Waals surface area contributed by atoms with Crippen molar-refractivity contribution < 1.29 is 29.3 Å². The summed E-state index contributed by atoms with van der Waals surface area (Å²) in [6.07, 6.45) is 23.6. The molecule has 7 rings (SSSR count). The molecule has 6 N–H and O–H groups in total. The van der Waals surface area contributed by atoms with E-state index in [9.17, 15) is 19.8 Å². The molecule has 10 heteroatoms. The van der Waals surface area contributed by atoms with E-state index in [1.807, 2.05) is 0 Å². The Kier molecular flexibility index (Phi) is 19.4. The molecular formula is C68H92N4O6. The average molecular weight is 1060 g/mol. The van der Waals surface area contributed by atoms with Gasteiger partial charge in [-0.15, -0.1) is 0 Å². The third kappa shape index (κ3) is 16.3. The monoisotopic (exact) mass is 1060 g/mol. The molecule has 420 valence electrons. The molecule has 8 bridgehead atoms. The van der Waals surface area contributed by atoms with E-state index in [1.165, 1.54) is 0 Å². The first-order valence-electron chi connectivity index (χ1n) is 28.9. The Balaban J connectivity index is 1.26. The van der Waals surface area contributed by atoms with Crippen molar-refractivity contribution in [1.82, 2.24) is 21.3 Å². The molecular weight excluding hydrogens is 969 g/mol. The number of fused-ring (bicyclic) bond motifs is 8. The smallest absolute Gasteiger partial charge is 0.314 e. The number of benzene rings is 4. The number of carbonyl (C=O) groups is 2. The van der Waals surface area contributed by atoms with Gasteiger partial charge in [-0.05, 0) is 139 Å². The first-order chi connectivity index (χ1) is 36.8. The number of rotatable bonds is 18. The third-order valence-electron chi connectivity index (χ3n) is 15.4. The number of aromatic hydroxyl groups is 2. The van der Waals surface area contributed by atoms with Gasteiger partial charge in [-0.3, -0.25) is 0 Å². The van der Waals surface area contributed by atoms with Crippen LogP contribution in [0.5, 0.6) is 23.0 Å². The van der Waals surface area contributed by atoms with Crippen LogP contribution in [-0.2, 0) is 47.3 Å². The number of phenolic OH excluding ortho intramolecular Hbond substituents is 2. The van der Waals surface area contributed by atoms with Crippen molar-refractivity contribution in [2.45, 2.75) is 169 Å². The molecule has 0 fully saturated rings. The Morgan fingerprint density at radius 2 is 0.654 bits per heavy atom. The highest BCUT2D eigenvalue weighted by Gasteiger charge is 2.29. The third-order valence-corrected chi connectivity index (χ3v) is 15.4. The Hall–Kier alpha value is -6.42. The first kappa shape index (κ1) is 59.2. The lowest BCUT2D eigenvalue weighted by Gasteiger charge is -2.28. The maximum atomic E-state index is 12.8. The van der Waals surface area contributed by atoms with Gasteiger partial charge < -0.3 is 41.0 Å². The molecule has 0 spiro atoms. The average Bonchev–Trinajstić information content (AvgIpc) is 4.14. The van der Waals surface area contributed by atoms with Crippen molar-refractivity contribution in [2.24, 2.45) is 11.8 Å². The molecule has 0 saturated carbocycles. The molecule has 0 heterocycles. The van der Waals surface area contributed by atoms with Crippen LogP contribution >= 0.6 is 0 Å². The lowest BCUT2D eigenvalue weighted by molar-refractivity contribution is 0.237. The van der Waals surface area contributed by atoms with Gasteiger partial charge in [0.2, 0.25) is 0 Å². The lowest BCUT2D eigenvalue weighted by atomic mass is 9.79. The molecule has 0 saturated heterocycles. The van der Waals surface area contributed by atoms with Gasteiger partial charge in [0.25, 0.3) is 0 Å². The van der Waals surface area contributed by atoms with Gasteiger partial charge in [0.15, 0.2) is 0 Å². The van der Waals surface area contributed by atoms with E-state index < -0.39 is 0 Å². The van der Waals surface area contributed by atoms with E-state index in [1.54, 1.807) is 0 Å². The van der Waals surface area contributed by atoms with Gasteiger partial charge >= 0.3 is 12.1 Å². The fourth-order valence-electron chi connectivity index (χ4n) is 10.5. The topological polar surface area (TPSA) is 141 Å². The molecule has 0 unspecified atom stereocenters. The second-order valence-corrected chi connectivity index (χ2v) is 26.2. The molecule has 0 atom stereocenters. The van der Waals surface area contributed by atoms with Gasteiger partial charge in [0, 0.05) is 51.9 Å². The molecule has 0 aliphatic heterocycles. The van der Waals surface area contributed by atoms with Gasteiger partial charge in [-0.2, -0.15) is 0 Å². The number of hydrogen-bond acceptors (Lipinski definition) is 6. The Morgan fingerprint density at radius 3 is 0.910 bits per heavy atom. The van der Waals surface area contributed by atoms with Crippen LogP contribution in [-0.4, -0.2) is 61.7 Å². The quantitative estimate of drug-likeness (QED) is 0.0483. The van der Waals surface area contributed by atoms with Crippen molar-refractivity contribution in [1.29, 1.82) is 0 Å². The predicted octanol–water partition coefficient (Wildman–Crippen LogP) is 14.1. The molecule has 3 aliphatic carbocycles. The Bertz CT molecular complexity index is 2560. The van der Waals surface area contributed by atoms with Crippen LogP contribution in [0, 0.1) is 11.8 Å². The maximum Gasteiger partial charge on any atom is 0.314 e. The van der Waals surface area contributed by atoms with Crippen LogP contribution in [0.25, 0.3) is 0 Å². The minimum Gasteiger partial charge on any atom is -0.507 e. The van der Waals surface area contributed by atoms with E-state index in [0.717, 1.165) is 104 Å². The van der Waals surface area contributed by atoms with Crippen LogP contribution in [0.1, 0.15) is 188 Å². The van der Waals surface area contributed by atoms with Crippen molar-refractivity contribution in [3.8, 4) is 23.0 Å². The van der Waals surface area contributed by atoms with E-state index in [0.29, 0.717) is 89.8 Å². The van der Waals surface area contributed by atoms with Gasteiger partial charge in [-0.25, -0.2) is 9.59 Å². The Morgan fingerprint density at radius 1 is 0.410 bits per heavy atom. The largest absolute Gasteiger partial charge is 0.507 e. The van der Waals surface area contributed by atoms with Crippen molar-refractivity contribution in [3.63, 3.8) is 0 Å². The van der Waals surface area contributed by atoms with Crippen LogP contribution < -0.4 is 30.7 Å². The summed E-state index contributed by atoms with van der Waals surface area (Å²) in [6, 6.07) is 17.2. The minimum absolute atomic E-state index is 0.184.